The minimum Gasteiger partial charge on any atom is -0.157 e. The highest BCUT2D eigenvalue weighted by molar-refractivity contribution is 8.01. The minimum absolute atomic E-state index is 1.28. The van der Waals surface area contributed by atoms with Crippen molar-refractivity contribution in [2.24, 2.45) is 0 Å². The van der Waals surface area contributed by atoms with Crippen LogP contribution in [0.25, 0.3) is 0 Å². The molecule has 0 saturated carbocycles. The molecule has 0 aliphatic heterocycles. The number of thioether (sulfide) groups is 1. The van der Waals surface area contributed by atoms with Crippen LogP contribution in [0.5, 0.6) is 0 Å². The Labute approximate surface area is 76.1 Å². The van der Waals surface area contributed by atoms with Crippen molar-refractivity contribution in [2.45, 2.75) is 52.4 Å². The molecular weight excluding hydrogens is 152 g/mol. The predicted octanol–water partition coefficient (Wildman–Crippen LogP) is 4.26. The smallest absolute Gasteiger partial charge is 0.0166 e. The molecule has 0 saturated heterocycles. The second-order valence-electron chi connectivity index (χ2n) is 2.89. The summed E-state index contributed by atoms with van der Waals surface area (Å²) in [5, 5.41) is 0. The van der Waals surface area contributed by atoms with Gasteiger partial charge in [-0.3, -0.25) is 0 Å². The van der Waals surface area contributed by atoms with E-state index >= 15 is 0 Å². The second-order valence-corrected chi connectivity index (χ2v) is 3.96. The first kappa shape index (κ1) is 11.4. The van der Waals surface area contributed by atoms with E-state index in [1.165, 1.54) is 44.3 Å². The highest BCUT2D eigenvalue weighted by Gasteiger charge is 1.89. The summed E-state index contributed by atoms with van der Waals surface area (Å²) in [5.74, 6) is 3.69. The fourth-order valence-electron chi connectivity index (χ4n) is 0.897. The number of hydrogen-bond acceptors (Lipinski definition) is 1. The van der Waals surface area contributed by atoms with Crippen molar-refractivity contribution in [3.05, 3.63) is 5.75 Å². The minimum atomic E-state index is 1.28. The summed E-state index contributed by atoms with van der Waals surface area (Å²) in [6.07, 6.45) is 8.15. The number of unbranched alkanes of at least 4 members (excludes halogenated alkanes) is 4. The molecule has 1 heteroatoms. The van der Waals surface area contributed by atoms with Crippen LogP contribution in [-0.4, -0.2) is 5.75 Å². The Morgan fingerprint density at radius 2 is 1.82 bits per heavy atom. The van der Waals surface area contributed by atoms with E-state index in [0.29, 0.717) is 0 Å². The molecule has 0 aliphatic carbocycles. The Hall–Kier alpha value is 0.350. The van der Waals surface area contributed by atoms with Crippen LogP contribution in [0.3, 0.4) is 0 Å². The maximum Gasteiger partial charge on any atom is 0.0166 e. The van der Waals surface area contributed by atoms with Crippen LogP contribution in [0.2, 0.25) is 0 Å². The van der Waals surface area contributed by atoms with Gasteiger partial charge in [-0.15, -0.1) is 0 Å². The van der Waals surface area contributed by atoms with Crippen LogP contribution in [0, 0.1) is 5.75 Å². The molecule has 0 aliphatic rings. The first-order valence-electron chi connectivity index (χ1n) is 4.85. The zero-order valence-electron chi connectivity index (χ0n) is 7.94. The summed E-state index contributed by atoms with van der Waals surface area (Å²) in [7, 11) is 0. The van der Waals surface area contributed by atoms with Gasteiger partial charge in [0, 0.05) is 5.75 Å². The first-order chi connectivity index (χ1) is 5.41. The number of hydrogen-bond donors (Lipinski definition) is 0. The van der Waals surface area contributed by atoms with E-state index in [2.05, 4.69) is 19.6 Å². The fourth-order valence-corrected chi connectivity index (χ4v) is 1.84. The third kappa shape index (κ3) is 10.4. The van der Waals surface area contributed by atoms with Crippen molar-refractivity contribution in [3.8, 4) is 0 Å². The van der Waals surface area contributed by atoms with Gasteiger partial charge in [0.25, 0.3) is 0 Å². The quantitative estimate of drug-likeness (QED) is 0.494. The summed E-state index contributed by atoms with van der Waals surface area (Å²) >= 11 is 2.00. The van der Waals surface area contributed by atoms with Crippen molar-refractivity contribution in [1.29, 1.82) is 0 Å². The maximum atomic E-state index is 2.35. The van der Waals surface area contributed by atoms with Crippen molar-refractivity contribution < 1.29 is 0 Å². The van der Waals surface area contributed by atoms with Gasteiger partial charge in [0.15, 0.2) is 0 Å². The molecule has 0 bridgehead atoms. The second kappa shape index (κ2) is 10.3. The van der Waals surface area contributed by atoms with Crippen LogP contribution < -0.4 is 0 Å². The molecule has 0 atom stereocenters. The summed E-state index contributed by atoms with van der Waals surface area (Å²) in [6, 6.07) is 0. The van der Waals surface area contributed by atoms with Crippen LogP contribution in [0.15, 0.2) is 0 Å². The van der Waals surface area contributed by atoms with E-state index in [9.17, 15) is 0 Å². The van der Waals surface area contributed by atoms with Gasteiger partial charge in [-0.25, -0.2) is 0 Å². The van der Waals surface area contributed by atoms with E-state index < -0.39 is 0 Å². The molecular formula is C10H21S. The molecule has 11 heavy (non-hydrogen) atoms. The zero-order valence-corrected chi connectivity index (χ0v) is 8.75. The summed E-state index contributed by atoms with van der Waals surface area (Å²) < 4.78 is 0. The van der Waals surface area contributed by atoms with E-state index in [-0.39, 0.29) is 0 Å². The van der Waals surface area contributed by atoms with Crippen LogP contribution >= 0.6 is 11.8 Å². The van der Waals surface area contributed by atoms with Crippen LogP contribution in [-0.2, 0) is 0 Å². The molecule has 0 unspecified atom stereocenters. The Balaban J connectivity index is 2.69. The molecule has 0 aromatic carbocycles. The molecule has 0 amide bonds. The van der Waals surface area contributed by atoms with Crippen molar-refractivity contribution in [3.63, 3.8) is 0 Å². The molecule has 1 radical (unpaired) electrons. The number of rotatable bonds is 8. The van der Waals surface area contributed by atoms with Gasteiger partial charge in [-0.1, -0.05) is 39.5 Å². The topological polar surface area (TPSA) is 0 Å². The Morgan fingerprint density at radius 1 is 1.00 bits per heavy atom. The van der Waals surface area contributed by atoms with Gasteiger partial charge in [0.2, 0.25) is 0 Å². The van der Waals surface area contributed by atoms with E-state index in [4.69, 9.17) is 0 Å². The maximum absolute atomic E-state index is 2.35. The van der Waals surface area contributed by atoms with Crippen molar-refractivity contribution in [1.82, 2.24) is 0 Å². The van der Waals surface area contributed by atoms with Crippen molar-refractivity contribution >= 4 is 11.8 Å². The lowest BCUT2D eigenvalue weighted by Crippen LogP contribution is -1.80. The SMILES string of the molecule is CCC[CH]SCCCCCC. The largest absolute Gasteiger partial charge is 0.157 e. The van der Waals surface area contributed by atoms with Crippen LogP contribution in [0.4, 0.5) is 0 Å². The molecule has 0 spiro atoms. The average molecular weight is 173 g/mol. The highest BCUT2D eigenvalue weighted by Crippen LogP contribution is 2.13. The Morgan fingerprint density at radius 3 is 2.45 bits per heavy atom. The molecule has 0 heterocycles. The van der Waals surface area contributed by atoms with E-state index in [1.54, 1.807) is 0 Å². The third-order valence-electron chi connectivity index (χ3n) is 1.64. The average Bonchev–Trinajstić information content (AvgIpc) is 2.03. The van der Waals surface area contributed by atoms with Crippen LogP contribution in [0.1, 0.15) is 52.4 Å². The highest BCUT2D eigenvalue weighted by atomic mass is 32.2. The van der Waals surface area contributed by atoms with Crippen molar-refractivity contribution in [2.75, 3.05) is 5.75 Å². The standard InChI is InChI=1S/C10H21S/c1-3-5-7-8-10-11-9-6-4-2/h9H,3-8,10H2,1-2H3. The van der Waals surface area contributed by atoms with E-state index in [0.717, 1.165) is 0 Å². The normalized spacial score (nSPS) is 10.4. The lowest BCUT2D eigenvalue weighted by Gasteiger charge is -1.98. The molecule has 0 rings (SSSR count). The van der Waals surface area contributed by atoms with Gasteiger partial charge in [-0.2, -0.15) is 11.8 Å². The lowest BCUT2D eigenvalue weighted by atomic mass is 10.2. The zero-order chi connectivity index (χ0) is 8.36. The first-order valence-corrected chi connectivity index (χ1v) is 5.90. The van der Waals surface area contributed by atoms with Gasteiger partial charge >= 0.3 is 0 Å². The predicted molar refractivity (Wildman–Crippen MR) is 55.8 cm³/mol. The lowest BCUT2D eigenvalue weighted by molar-refractivity contribution is 0.706. The van der Waals surface area contributed by atoms with Gasteiger partial charge in [-0.05, 0) is 18.6 Å². The molecule has 0 fully saturated rings. The van der Waals surface area contributed by atoms with Gasteiger partial charge in [0.05, 0.1) is 0 Å². The fraction of sp³-hybridized carbons (Fsp3) is 0.900. The van der Waals surface area contributed by atoms with E-state index in [1.807, 2.05) is 11.8 Å². The van der Waals surface area contributed by atoms with Gasteiger partial charge in [0.1, 0.15) is 0 Å². The summed E-state index contributed by atoms with van der Waals surface area (Å²) in [5.41, 5.74) is 0. The Bertz CT molecular complexity index is 53.9. The molecule has 0 nitrogen and oxygen atoms in total. The summed E-state index contributed by atoms with van der Waals surface area (Å²) in [6.45, 7) is 4.49. The monoisotopic (exact) mass is 173 g/mol. The summed E-state index contributed by atoms with van der Waals surface area (Å²) in [4.78, 5) is 0. The molecule has 0 N–H and O–H groups in total. The molecule has 0 aromatic heterocycles. The molecule has 0 aromatic rings. The molecule has 67 valence electrons. The Kier molecular flexibility index (Phi) is 10.7. The van der Waals surface area contributed by atoms with Gasteiger partial charge < -0.3 is 0 Å². The third-order valence-corrected chi connectivity index (χ3v) is 2.64.